The number of nitrogens with one attached hydrogen (secondary N) is 1. The molecule has 2 aromatic rings. The number of rotatable bonds is 5. The lowest BCUT2D eigenvalue weighted by atomic mass is 10.1. The average Bonchev–Trinajstić information content (AvgIpc) is 2.55. The van der Waals surface area contributed by atoms with Gasteiger partial charge in [0.1, 0.15) is 0 Å². The molecule has 0 unspecified atom stereocenters. The first-order chi connectivity index (χ1) is 12.0. The van der Waals surface area contributed by atoms with E-state index in [1.807, 2.05) is 0 Å². The van der Waals surface area contributed by atoms with Crippen LogP contribution in [-0.2, 0) is 10.0 Å². The minimum absolute atomic E-state index is 0.132. The molecule has 0 radical (unpaired) electrons. The van der Waals surface area contributed by atoms with Crippen molar-refractivity contribution in [3.05, 3.63) is 63.2 Å². The van der Waals surface area contributed by atoms with Crippen molar-refractivity contribution < 1.29 is 18.1 Å². The lowest BCUT2D eigenvalue weighted by molar-refractivity contribution is -0.384. The number of amides is 1. The zero-order chi connectivity index (χ0) is 19.6. The Kier molecular flexibility index (Phi) is 5.31. The van der Waals surface area contributed by atoms with Gasteiger partial charge in [-0.1, -0.05) is 12.1 Å². The zero-order valence-corrected chi connectivity index (χ0v) is 15.6. The lowest BCUT2D eigenvalue weighted by Gasteiger charge is -2.20. The SMILES string of the molecule is Cc1ccc([N+](=O)[O-])cc1NC(=O)c1ccc(C)c(N(C)S(C)(=O)=O)c1. The molecule has 2 rings (SSSR count). The number of anilines is 2. The molecule has 1 amide bonds. The molecular weight excluding hydrogens is 358 g/mol. The summed E-state index contributed by atoms with van der Waals surface area (Å²) in [5.74, 6) is -0.489. The van der Waals surface area contributed by atoms with Crippen molar-refractivity contribution in [1.29, 1.82) is 0 Å². The van der Waals surface area contributed by atoms with E-state index in [1.165, 1.54) is 25.2 Å². The van der Waals surface area contributed by atoms with Gasteiger partial charge >= 0.3 is 0 Å². The fraction of sp³-hybridized carbons (Fsp3) is 0.235. The van der Waals surface area contributed by atoms with Crippen LogP contribution >= 0.6 is 0 Å². The van der Waals surface area contributed by atoms with Crippen LogP contribution in [0, 0.1) is 24.0 Å². The predicted octanol–water partition coefficient (Wildman–Crippen LogP) is 2.86. The summed E-state index contributed by atoms with van der Waals surface area (Å²) in [6, 6.07) is 8.87. The van der Waals surface area contributed by atoms with Gasteiger partial charge in [0, 0.05) is 24.7 Å². The molecule has 26 heavy (non-hydrogen) atoms. The average molecular weight is 377 g/mol. The topological polar surface area (TPSA) is 110 Å². The molecule has 0 aromatic heterocycles. The summed E-state index contributed by atoms with van der Waals surface area (Å²) >= 11 is 0. The first-order valence-corrected chi connectivity index (χ1v) is 9.46. The highest BCUT2D eigenvalue weighted by atomic mass is 32.2. The van der Waals surface area contributed by atoms with E-state index < -0.39 is 20.9 Å². The van der Waals surface area contributed by atoms with Crippen molar-refractivity contribution in [3.63, 3.8) is 0 Å². The maximum absolute atomic E-state index is 12.5. The minimum Gasteiger partial charge on any atom is -0.321 e. The van der Waals surface area contributed by atoms with Crippen LogP contribution in [0.15, 0.2) is 36.4 Å². The van der Waals surface area contributed by atoms with Crippen molar-refractivity contribution in [2.45, 2.75) is 13.8 Å². The molecule has 8 nitrogen and oxygen atoms in total. The van der Waals surface area contributed by atoms with Gasteiger partial charge in [0.05, 0.1) is 22.6 Å². The molecule has 1 N–H and O–H groups in total. The second-order valence-corrected chi connectivity index (χ2v) is 7.96. The molecular formula is C17H19N3O5S. The number of non-ortho nitro benzene ring substituents is 1. The van der Waals surface area contributed by atoms with E-state index in [1.54, 1.807) is 32.0 Å². The number of sulfonamides is 1. The molecule has 0 saturated heterocycles. The van der Waals surface area contributed by atoms with E-state index in [2.05, 4.69) is 5.32 Å². The number of aryl methyl sites for hydroxylation is 2. The molecule has 0 aliphatic carbocycles. The Morgan fingerprint density at radius 3 is 2.31 bits per heavy atom. The highest BCUT2D eigenvalue weighted by Gasteiger charge is 2.18. The monoisotopic (exact) mass is 377 g/mol. The Labute approximate surface area is 151 Å². The summed E-state index contributed by atoms with van der Waals surface area (Å²) in [5, 5.41) is 13.5. The number of hydrogen-bond donors (Lipinski definition) is 1. The molecule has 0 aliphatic rings. The minimum atomic E-state index is -3.47. The highest BCUT2D eigenvalue weighted by molar-refractivity contribution is 7.92. The number of hydrogen-bond acceptors (Lipinski definition) is 5. The van der Waals surface area contributed by atoms with E-state index in [0.29, 0.717) is 22.5 Å². The van der Waals surface area contributed by atoms with Gasteiger partial charge in [-0.25, -0.2) is 8.42 Å². The first-order valence-electron chi connectivity index (χ1n) is 7.61. The summed E-state index contributed by atoms with van der Waals surface area (Å²) < 4.78 is 24.6. The Morgan fingerprint density at radius 1 is 1.12 bits per heavy atom. The van der Waals surface area contributed by atoms with Crippen molar-refractivity contribution in [1.82, 2.24) is 0 Å². The third kappa shape index (κ3) is 4.17. The Morgan fingerprint density at radius 2 is 1.73 bits per heavy atom. The van der Waals surface area contributed by atoms with Crippen molar-refractivity contribution in [3.8, 4) is 0 Å². The van der Waals surface area contributed by atoms with Crippen LogP contribution in [0.5, 0.6) is 0 Å². The van der Waals surface area contributed by atoms with E-state index in [4.69, 9.17) is 0 Å². The third-order valence-corrected chi connectivity index (χ3v) is 5.18. The van der Waals surface area contributed by atoms with Gasteiger partial charge in [-0.15, -0.1) is 0 Å². The van der Waals surface area contributed by atoms with Gasteiger partial charge in [-0.2, -0.15) is 0 Å². The fourth-order valence-electron chi connectivity index (χ4n) is 2.32. The van der Waals surface area contributed by atoms with Crippen LogP contribution in [0.2, 0.25) is 0 Å². The van der Waals surface area contributed by atoms with Crippen LogP contribution in [0.4, 0.5) is 17.1 Å². The standard InChI is InChI=1S/C17H19N3O5S/c1-11-6-8-14(20(22)23)10-15(11)18-17(21)13-7-5-12(2)16(9-13)19(3)26(4,24)25/h5-10H,1-4H3,(H,18,21). The smallest absolute Gasteiger partial charge is 0.271 e. The second kappa shape index (κ2) is 7.12. The number of carbonyl (C=O) groups is 1. The summed E-state index contributed by atoms with van der Waals surface area (Å²) in [5.41, 5.74) is 2.18. The van der Waals surface area contributed by atoms with Gasteiger partial charge in [-0.05, 0) is 37.1 Å². The van der Waals surface area contributed by atoms with Crippen molar-refractivity contribution in [2.24, 2.45) is 0 Å². The van der Waals surface area contributed by atoms with Crippen LogP contribution in [-0.4, -0.2) is 32.6 Å². The summed E-state index contributed by atoms with van der Waals surface area (Å²) in [7, 11) is -2.07. The van der Waals surface area contributed by atoms with E-state index in [9.17, 15) is 23.3 Å². The molecule has 9 heteroatoms. The predicted molar refractivity (Wildman–Crippen MR) is 100 cm³/mol. The molecule has 0 bridgehead atoms. The zero-order valence-electron chi connectivity index (χ0n) is 14.8. The van der Waals surface area contributed by atoms with Crippen LogP contribution < -0.4 is 9.62 Å². The third-order valence-electron chi connectivity index (χ3n) is 3.99. The van der Waals surface area contributed by atoms with Gasteiger partial charge in [0.15, 0.2) is 0 Å². The van der Waals surface area contributed by atoms with Gasteiger partial charge in [0.25, 0.3) is 11.6 Å². The van der Waals surface area contributed by atoms with Gasteiger partial charge < -0.3 is 5.32 Å². The van der Waals surface area contributed by atoms with E-state index in [0.717, 1.165) is 10.6 Å². The quantitative estimate of drug-likeness (QED) is 0.636. The summed E-state index contributed by atoms with van der Waals surface area (Å²) in [4.78, 5) is 22.9. The molecule has 0 heterocycles. The second-order valence-electron chi connectivity index (χ2n) is 5.94. The lowest BCUT2D eigenvalue weighted by Crippen LogP contribution is -2.26. The number of benzene rings is 2. The van der Waals surface area contributed by atoms with E-state index in [-0.39, 0.29) is 11.3 Å². The highest BCUT2D eigenvalue weighted by Crippen LogP contribution is 2.25. The number of nitro benzene ring substituents is 1. The fourth-order valence-corrected chi connectivity index (χ4v) is 2.88. The van der Waals surface area contributed by atoms with Crippen LogP contribution in [0.3, 0.4) is 0 Å². The number of nitro groups is 1. The van der Waals surface area contributed by atoms with E-state index >= 15 is 0 Å². The molecule has 0 fully saturated rings. The maximum atomic E-state index is 12.5. The Balaban J connectivity index is 2.37. The molecule has 2 aromatic carbocycles. The maximum Gasteiger partial charge on any atom is 0.271 e. The van der Waals surface area contributed by atoms with Crippen molar-refractivity contribution >= 4 is 33.0 Å². The molecule has 0 atom stereocenters. The largest absolute Gasteiger partial charge is 0.321 e. The summed E-state index contributed by atoms with van der Waals surface area (Å²) in [6.07, 6.45) is 1.08. The molecule has 0 spiro atoms. The van der Waals surface area contributed by atoms with Crippen LogP contribution in [0.1, 0.15) is 21.5 Å². The number of carbonyl (C=O) groups excluding carboxylic acids is 1. The molecule has 0 saturated carbocycles. The normalized spacial score (nSPS) is 11.1. The first kappa shape index (κ1) is 19.4. The molecule has 138 valence electrons. The molecule has 0 aliphatic heterocycles. The van der Waals surface area contributed by atoms with Crippen LogP contribution in [0.25, 0.3) is 0 Å². The Bertz CT molecular complexity index is 986. The Hall–Kier alpha value is -2.94. The van der Waals surface area contributed by atoms with Gasteiger partial charge in [-0.3, -0.25) is 19.2 Å². The van der Waals surface area contributed by atoms with Crippen molar-refractivity contribution in [2.75, 3.05) is 22.9 Å². The number of nitrogens with zero attached hydrogens (tertiary/aromatic N) is 2. The summed E-state index contributed by atoms with van der Waals surface area (Å²) in [6.45, 7) is 3.46. The van der Waals surface area contributed by atoms with Gasteiger partial charge in [0.2, 0.25) is 10.0 Å².